The van der Waals surface area contributed by atoms with E-state index in [9.17, 15) is 4.79 Å². The number of carbonyl (C=O) groups excluding carboxylic acids is 1. The van der Waals surface area contributed by atoms with Crippen LogP contribution in [0.3, 0.4) is 0 Å². The number of hydrogen-bond acceptors (Lipinski definition) is 2. The lowest BCUT2D eigenvalue weighted by Crippen LogP contribution is -2.13. The SMILES string of the molecule is C=CCOc1ccccc1C(=O)C(C)=[N+]=[N-]. The zero-order chi connectivity index (χ0) is 12.0. The molecule has 0 N–H and O–H groups in total. The molecule has 16 heavy (non-hydrogen) atoms. The first-order valence-corrected chi connectivity index (χ1v) is 4.76. The van der Waals surface area contributed by atoms with Gasteiger partial charge in [0.2, 0.25) is 0 Å². The predicted octanol–water partition coefficient (Wildman–Crippen LogP) is 2.12. The lowest BCUT2D eigenvalue weighted by molar-refractivity contribution is -0.00681. The predicted molar refractivity (Wildman–Crippen MR) is 60.8 cm³/mol. The summed E-state index contributed by atoms with van der Waals surface area (Å²) >= 11 is 0. The van der Waals surface area contributed by atoms with Gasteiger partial charge in [0, 0.05) is 6.92 Å². The van der Waals surface area contributed by atoms with Gasteiger partial charge in [-0.3, -0.25) is 4.79 Å². The Morgan fingerprint density at radius 1 is 1.56 bits per heavy atom. The third-order valence-electron chi connectivity index (χ3n) is 1.97. The van der Waals surface area contributed by atoms with Crippen molar-refractivity contribution in [2.45, 2.75) is 6.92 Å². The summed E-state index contributed by atoms with van der Waals surface area (Å²) in [4.78, 5) is 14.6. The maximum absolute atomic E-state index is 11.8. The van der Waals surface area contributed by atoms with Crippen LogP contribution in [-0.4, -0.2) is 22.9 Å². The van der Waals surface area contributed by atoms with E-state index in [-0.39, 0.29) is 11.5 Å². The fourth-order valence-electron chi connectivity index (χ4n) is 1.17. The minimum atomic E-state index is -0.359. The Morgan fingerprint density at radius 3 is 2.88 bits per heavy atom. The van der Waals surface area contributed by atoms with E-state index in [4.69, 9.17) is 10.3 Å². The first kappa shape index (κ1) is 11.9. The van der Waals surface area contributed by atoms with Gasteiger partial charge in [0.15, 0.2) is 0 Å². The Morgan fingerprint density at radius 2 is 2.25 bits per heavy atom. The van der Waals surface area contributed by atoms with Crippen LogP contribution in [0.4, 0.5) is 0 Å². The topological polar surface area (TPSA) is 62.7 Å². The van der Waals surface area contributed by atoms with Gasteiger partial charge in [0.05, 0.1) is 5.56 Å². The number of benzene rings is 1. The maximum atomic E-state index is 11.8. The van der Waals surface area contributed by atoms with E-state index >= 15 is 0 Å². The van der Waals surface area contributed by atoms with Crippen molar-refractivity contribution in [1.82, 2.24) is 0 Å². The molecule has 0 atom stereocenters. The van der Waals surface area contributed by atoms with Crippen molar-refractivity contribution in [2.75, 3.05) is 6.61 Å². The van der Waals surface area contributed by atoms with E-state index in [0.29, 0.717) is 17.9 Å². The molecule has 1 rings (SSSR count). The Balaban J connectivity index is 3.07. The summed E-state index contributed by atoms with van der Waals surface area (Å²) in [6.07, 6.45) is 1.59. The number of carbonyl (C=O) groups is 1. The molecule has 1 aromatic carbocycles. The zero-order valence-electron chi connectivity index (χ0n) is 9.01. The van der Waals surface area contributed by atoms with Gasteiger partial charge in [-0.15, -0.1) is 0 Å². The molecule has 0 aliphatic heterocycles. The van der Waals surface area contributed by atoms with Crippen molar-refractivity contribution in [3.8, 4) is 5.75 Å². The molecule has 0 saturated heterocycles. The lowest BCUT2D eigenvalue weighted by atomic mass is 10.1. The van der Waals surface area contributed by atoms with Gasteiger partial charge in [0.1, 0.15) is 12.4 Å². The summed E-state index contributed by atoms with van der Waals surface area (Å²) in [5.41, 5.74) is 8.94. The van der Waals surface area contributed by atoms with Crippen LogP contribution in [-0.2, 0) is 0 Å². The molecule has 0 spiro atoms. The van der Waals surface area contributed by atoms with Gasteiger partial charge in [-0.1, -0.05) is 24.8 Å². The molecule has 0 radical (unpaired) electrons. The molecule has 0 aliphatic rings. The average molecular weight is 216 g/mol. The van der Waals surface area contributed by atoms with Crippen LogP contribution in [0, 0.1) is 0 Å². The van der Waals surface area contributed by atoms with Gasteiger partial charge in [0.25, 0.3) is 5.78 Å². The zero-order valence-corrected chi connectivity index (χ0v) is 9.01. The largest absolute Gasteiger partial charge is 0.489 e. The standard InChI is InChI=1S/C12H12N2O2/c1-3-8-16-11-7-5-4-6-10(11)12(15)9(2)14-13/h3-7H,1,8H2,2H3. The molecular formula is C12H12N2O2. The minimum Gasteiger partial charge on any atom is -0.489 e. The summed E-state index contributed by atoms with van der Waals surface area (Å²) in [6.45, 7) is 5.28. The molecule has 0 aromatic heterocycles. The number of ether oxygens (including phenoxy) is 1. The second-order valence-corrected chi connectivity index (χ2v) is 3.11. The summed E-state index contributed by atoms with van der Waals surface area (Å²) in [5, 5.41) is 0. The molecule has 0 bridgehead atoms. The summed E-state index contributed by atoms with van der Waals surface area (Å²) in [7, 11) is 0. The monoisotopic (exact) mass is 216 g/mol. The quantitative estimate of drug-likeness (QED) is 0.249. The van der Waals surface area contributed by atoms with Gasteiger partial charge in [-0.05, 0) is 12.1 Å². The molecule has 1 aromatic rings. The number of hydrogen-bond donors (Lipinski definition) is 0. The van der Waals surface area contributed by atoms with E-state index in [1.807, 2.05) is 0 Å². The normalized spacial score (nSPS) is 9.06. The number of ketones is 1. The van der Waals surface area contributed by atoms with E-state index in [1.165, 1.54) is 6.92 Å². The van der Waals surface area contributed by atoms with Crippen molar-refractivity contribution < 1.29 is 14.3 Å². The van der Waals surface area contributed by atoms with Gasteiger partial charge in [-0.2, -0.15) is 4.79 Å². The summed E-state index contributed by atoms with van der Waals surface area (Å²) < 4.78 is 5.33. The second kappa shape index (κ2) is 5.63. The Bertz CT molecular complexity index is 460. The van der Waals surface area contributed by atoms with Crippen molar-refractivity contribution in [3.05, 3.63) is 48.0 Å². The Hall–Kier alpha value is -2.19. The molecule has 4 nitrogen and oxygen atoms in total. The van der Waals surface area contributed by atoms with Gasteiger partial charge >= 0.3 is 5.71 Å². The number of Topliss-reactive ketones (excluding diaryl/α,β-unsaturated/α-hetero) is 1. The van der Waals surface area contributed by atoms with Gasteiger partial charge in [-0.25, -0.2) is 0 Å². The van der Waals surface area contributed by atoms with E-state index in [0.717, 1.165) is 0 Å². The number of para-hydroxylation sites is 1. The highest BCUT2D eigenvalue weighted by Crippen LogP contribution is 2.18. The van der Waals surface area contributed by atoms with Crippen LogP contribution >= 0.6 is 0 Å². The van der Waals surface area contributed by atoms with Crippen LogP contribution in [0.5, 0.6) is 5.75 Å². The van der Waals surface area contributed by atoms with Crippen LogP contribution in [0.15, 0.2) is 36.9 Å². The first-order valence-electron chi connectivity index (χ1n) is 4.76. The molecule has 0 amide bonds. The summed E-state index contributed by atoms with van der Waals surface area (Å²) in [5.74, 6) is 0.0950. The molecule has 0 aliphatic carbocycles. The number of rotatable bonds is 5. The second-order valence-electron chi connectivity index (χ2n) is 3.11. The van der Waals surface area contributed by atoms with Crippen LogP contribution in [0.2, 0.25) is 0 Å². The van der Waals surface area contributed by atoms with Crippen molar-refractivity contribution in [1.29, 1.82) is 0 Å². The average Bonchev–Trinajstić information content (AvgIpc) is 2.34. The van der Waals surface area contributed by atoms with Gasteiger partial charge < -0.3 is 10.3 Å². The Labute approximate surface area is 93.8 Å². The molecule has 82 valence electrons. The fourth-order valence-corrected chi connectivity index (χ4v) is 1.17. The van der Waals surface area contributed by atoms with E-state index < -0.39 is 0 Å². The van der Waals surface area contributed by atoms with Crippen LogP contribution in [0.1, 0.15) is 17.3 Å². The molecular weight excluding hydrogens is 204 g/mol. The Kier molecular flexibility index (Phi) is 4.18. The fraction of sp³-hybridized carbons (Fsp3) is 0.167. The highest BCUT2D eigenvalue weighted by atomic mass is 16.5. The third kappa shape index (κ3) is 2.65. The first-order chi connectivity index (χ1) is 7.70. The van der Waals surface area contributed by atoms with Crippen molar-refractivity contribution in [3.63, 3.8) is 0 Å². The van der Waals surface area contributed by atoms with Crippen molar-refractivity contribution >= 4 is 11.5 Å². The van der Waals surface area contributed by atoms with Crippen LogP contribution < -0.4 is 4.74 Å². The van der Waals surface area contributed by atoms with E-state index in [1.54, 1.807) is 30.3 Å². The summed E-state index contributed by atoms with van der Waals surface area (Å²) in [6, 6.07) is 6.79. The highest BCUT2D eigenvalue weighted by Gasteiger charge is 2.20. The molecule has 0 fully saturated rings. The third-order valence-corrected chi connectivity index (χ3v) is 1.97. The van der Waals surface area contributed by atoms with Crippen LogP contribution in [0.25, 0.3) is 5.53 Å². The minimum absolute atomic E-state index is 0.0228. The number of nitrogens with zero attached hydrogens (tertiary/aromatic N) is 2. The molecule has 4 heteroatoms. The smallest absolute Gasteiger partial charge is 0.336 e. The maximum Gasteiger partial charge on any atom is 0.336 e. The lowest BCUT2D eigenvalue weighted by Gasteiger charge is -2.06. The molecule has 0 unspecified atom stereocenters. The molecule has 0 saturated carbocycles. The van der Waals surface area contributed by atoms with E-state index in [2.05, 4.69) is 11.4 Å². The molecule has 0 heterocycles. The highest BCUT2D eigenvalue weighted by molar-refractivity contribution is 6.43. The van der Waals surface area contributed by atoms with Crippen molar-refractivity contribution in [2.24, 2.45) is 0 Å².